The molecule has 2 rings (SSSR count). The second-order valence-corrected chi connectivity index (χ2v) is 5.66. The lowest BCUT2D eigenvalue weighted by atomic mass is 10.0. The first-order valence-corrected chi connectivity index (χ1v) is 7.86. The van der Waals surface area contributed by atoms with Gasteiger partial charge in [0.15, 0.2) is 5.76 Å². The summed E-state index contributed by atoms with van der Waals surface area (Å²) >= 11 is 0. The minimum Gasteiger partial charge on any atom is -0.497 e. The number of furan rings is 1. The third kappa shape index (κ3) is 5.09. The normalized spacial score (nSPS) is 13.0. The van der Waals surface area contributed by atoms with Crippen LogP contribution >= 0.6 is 0 Å². The van der Waals surface area contributed by atoms with E-state index >= 15 is 0 Å². The van der Waals surface area contributed by atoms with Gasteiger partial charge in [0.25, 0.3) is 5.91 Å². The van der Waals surface area contributed by atoms with Gasteiger partial charge in [0.2, 0.25) is 5.91 Å². The lowest BCUT2D eigenvalue weighted by Crippen LogP contribution is -2.36. The SMILES string of the molecule is COc1ccc([C@H](O)[C@H](C)NC(=O)c2ccc(CNC(C)=O)o2)cc1. The highest BCUT2D eigenvalue weighted by Gasteiger charge is 2.21. The van der Waals surface area contributed by atoms with E-state index in [1.54, 1.807) is 44.4 Å². The summed E-state index contributed by atoms with van der Waals surface area (Å²) in [5.74, 6) is 0.667. The molecule has 0 bridgehead atoms. The Kier molecular flexibility index (Phi) is 6.19. The van der Waals surface area contributed by atoms with Crippen LogP contribution in [0.1, 0.15) is 41.8 Å². The van der Waals surface area contributed by atoms with E-state index < -0.39 is 18.1 Å². The number of ether oxygens (including phenoxy) is 1. The Labute approximate surface area is 146 Å². The first-order chi connectivity index (χ1) is 11.9. The molecule has 0 aliphatic rings. The van der Waals surface area contributed by atoms with Crippen molar-refractivity contribution >= 4 is 11.8 Å². The fourth-order valence-electron chi connectivity index (χ4n) is 2.25. The topological polar surface area (TPSA) is 101 Å². The number of aliphatic hydroxyl groups excluding tert-OH is 1. The third-order valence-electron chi connectivity index (χ3n) is 3.69. The van der Waals surface area contributed by atoms with Crippen molar-refractivity contribution in [2.75, 3.05) is 7.11 Å². The molecule has 0 unspecified atom stereocenters. The summed E-state index contributed by atoms with van der Waals surface area (Å²) in [6, 6.07) is 9.59. The van der Waals surface area contributed by atoms with Crippen LogP contribution in [0, 0.1) is 0 Å². The standard InChI is InChI=1S/C18H22N2O5/c1-11(17(22)13-4-6-14(24-3)7-5-13)20-18(23)16-9-8-15(25-16)10-19-12(2)21/h4-9,11,17,22H,10H2,1-3H3,(H,19,21)(H,20,23)/t11-,17+/m0/s1. The lowest BCUT2D eigenvalue weighted by molar-refractivity contribution is -0.119. The van der Waals surface area contributed by atoms with E-state index in [-0.39, 0.29) is 18.2 Å². The minimum absolute atomic E-state index is 0.120. The molecule has 1 aromatic heterocycles. The van der Waals surface area contributed by atoms with Gasteiger partial charge in [0.05, 0.1) is 25.8 Å². The van der Waals surface area contributed by atoms with Gasteiger partial charge >= 0.3 is 0 Å². The molecule has 0 saturated carbocycles. The summed E-state index contributed by atoms with van der Waals surface area (Å²) in [7, 11) is 1.57. The van der Waals surface area contributed by atoms with Crippen LogP contribution in [0.5, 0.6) is 5.75 Å². The number of methoxy groups -OCH3 is 1. The van der Waals surface area contributed by atoms with E-state index in [9.17, 15) is 14.7 Å². The molecule has 0 aliphatic heterocycles. The van der Waals surface area contributed by atoms with Crippen LogP contribution in [0.4, 0.5) is 0 Å². The highest BCUT2D eigenvalue weighted by Crippen LogP contribution is 2.20. The monoisotopic (exact) mass is 346 g/mol. The Hall–Kier alpha value is -2.80. The number of amides is 2. The van der Waals surface area contributed by atoms with Gasteiger partial charge < -0.3 is 24.9 Å². The first-order valence-electron chi connectivity index (χ1n) is 7.86. The summed E-state index contributed by atoms with van der Waals surface area (Å²) in [5, 5.41) is 15.7. The van der Waals surface area contributed by atoms with Gasteiger partial charge in [-0.2, -0.15) is 0 Å². The second kappa shape index (κ2) is 8.34. The fourth-order valence-corrected chi connectivity index (χ4v) is 2.25. The van der Waals surface area contributed by atoms with Gasteiger partial charge in [-0.15, -0.1) is 0 Å². The van der Waals surface area contributed by atoms with Crippen LogP contribution in [0.2, 0.25) is 0 Å². The van der Waals surface area contributed by atoms with Crippen LogP contribution in [-0.2, 0) is 11.3 Å². The van der Waals surface area contributed by atoms with Crippen LogP contribution in [0.3, 0.4) is 0 Å². The molecule has 0 aliphatic carbocycles. The molecular formula is C18H22N2O5. The van der Waals surface area contributed by atoms with Crippen molar-refractivity contribution in [1.82, 2.24) is 10.6 Å². The van der Waals surface area contributed by atoms with Crippen molar-refractivity contribution in [1.29, 1.82) is 0 Å². The number of hydrogen-bond acceptors (Lipinski definition) is 5. The van der Waals surface area contributed by atoms with Gasteiger partial charge in [0.1, 0.15) is 11.5 Å². The van der Waals surface area contributed by atoms with Gasteiger partial charge in [-0.3, -0.25) is 9.59 Å². The van der Waals surface area contributed by atoms with E-state index in [0.717, 1.165) is 0 Å². The molecule has 0 fully saturated rings. The number of aliphatic hydroxyl groups is 1. The fraction of sp³-hybridized carbons (Fsp3) is 0.333. The van der Waals surface area contributed by atoms with Crippen LogP contribution in [0.15, 0.2) is 40.8 Å². The molecular weight excluding hydrogens is 324 g/mol. The summed E-state index contributed by atoms with van der Waals surface area (Å²) in [6.07, 6.45) is -0.872. The molecule has 2 aromatic rings. The van der Waals surface area contributed by atoms with Crippen molar-refractivity contribution < 1.29 is 23.8 Å². The zero-order valence-corrected chi connectivity index (χ0v) is 14.4. The Morgan fingerprint density at radius 2 is 1.88 bits per heavy atom. The summed E-state index contributed by atoms with van der Waals surface area (Å²) in [6.45, 7) is 3.32. The molecule has 0 radical (unpaired) electrons. The van der Waals surface area contributed by atoms with E-state index in [4.69, 9.17) is 9.15 Å². The van der Waals surface area contributed by atoms with Crippen molar-refractivity contribution in [2.45, 2.75) is 32.5 Å². The number of nitrogens with one attached hydrogen (secondary N) is 2. The summed E-state index contributed by atoms with van der Waals surface area (Å²) in [5.41, 5.74) is 0.666. The molecule has 0 spiro atoms. The van der Waals surface area contributed by atoms with Crippen LogP contribution < -0.4 is 15.4 Å². The number of hydrogen-bond donors (Lipinski definition) is 3. The predicted octanol–water partition coefficient (Wildman–Crippen LogP) is 1.78. The Morgan fingerprint density at radius 3 is 2.48 bits per heavy atom. The van der Waals surface area contributed by atoms with Crippen molar-refractivity contribution in [3.05, 3.63) is 53.5 Å². The van der Waals surface area contributed by atoms with Gasteiger partial charge in [-0.05, 0) is 36.8 Å². The molecule has 2 atom stereocenters. The molecule has 1 aromatic carbocycles. The van der Waals surface area contributed by atoms with Gasteiger partial charge in [-0.25, -0.2) is 0 Å². The average molecular weight is 346 g/mol. The van der Waals surface area contributed by atoms with Crippen molar-refractivity contribution in [3.8, 4) is 5.75 Å². The predicted molar refractivity (Wildman–Crippen MR) is 91.1 cm³/mol. The van der Waals surface area contributed by atoms with Crippen molar-refractivity contribution in [2.24, 2.45) is 0 Å². The summed E-state index contributed by atoms with van der Waals surface area (Å²) < 4.78 is 10.5. The Balaban J connectivity index is 1.95. The second-order valence-electron chi connectivity index (χ2n) is 5.66. The van der Waals surface area contributed by atoms with Crippen LogP contribution in [-0.4, -0.2) is 30.1 Å². The smallest absolute Gasteiger partial charge is 0.287 e. The molecule has 25 heavy (non-hydrogen) atoms. The number of carbonyl (C=O) groups is 2. The van der Waals surface area contributed by atoms with E-state index in [1.807, 2.05) is 0 Å². The third-order valence-corrected chi connectivity index (χ3v) is 3.69. The Morgan fingerprint density at radius 1 is 1.20 bits per heavy atom. The molecule has 7 heteroatoms. The van der Waals surface area contributed by atoms with Crippen LogP contribution in [0.25, 0.3) is 0 Å². The largest absolute Gasteiger partial charge is 0.497 e. The molecule has 7 nitrogen and oxygen atoms in total. The van der Waals surface area contributed by atoms with Crippen molar-refractivity contribution in [3.63, 3.8) is 0 Å². The molecule has 2 amide bonds. The molecule has 0 saturated heterocycles. The quantitative estimate of drug-likeness (QED) is 0.709. The molecule has 134 valence electrons. The Bertz CT molecular complexity index is 723. The number of benzene rings is 1. The van der Waals surface area contributed by atoms with Gasteiger partial charge in [0, 0.05) is 6.92 Å². The minimum atomic E-state index is -0.872. The zero-order chi connectivity index (χ0) is 18.4. The zero-order valence-electron chi connectivity index (χ0n) is 14.4. The number of rotatable bonds is 7. The maximum atomic E-state index is 12.2. The average Bonchev–Trinajstić information content (AvgIpc) is 3.08. The maximum absolute atomic E-state index is 12.2. The molecule has 3 N–H and O–H groups in total. The maximum Gasteiger partial charge on any atom is 0.287 e. The van der Waals surface area contributed by atoms with E-state index in [0.29, 0.717) is 17.1 Å². The lowest BCUT2D eigenvalue weighted by Gasteiger charge is -2.20. The van der Waals surface area contributed by atoms with Gasteiger partial charge in [-0.1, -0.05) is 12.1 Å². The first kappa shape index (κ1) is 18.5. The number of carbonyl (C=O) groups excluding carboxylic acids is 2. The summed E-state index contributed by atoms with van der Waals surface area (Å²) in [4.78, 5) is 23.1. The highest BCUT2D eigenvalue weighted by atomic mass is 16.5. The highest BCUT2D eigenvalue weighted by molar-refractivity contribution is 5.91. The van der Waals surface area contributed by atoms with E-state index in [2.05, 4.69) is 10.6 Å². The van der Waals surface area contributed by atoms with E-state index in [1.165, 1.54) is 13.0 Å². The molecule has 1 heterocycles.